The lowest BCUT2D eigenvalue weighted by atomic mass is 10.0. The second-order valence-electron chi connectivity index (χ2n) is 5.53. The Bertz CT molecular complexity index is 505. The van der Waals surface area contributed by atoms with Crippen molar-refractivity contribution >= 4 is 5.91 Å². The molecule has 5 nitrogen and oxygen atoms in total. The SMILES string of the molecule is CCOc1ccc(C(=O)NC2CCCC2CN)cc1OCC. The molecule has 1 aliphatic carbocycles. The zero-order chi connectivity index (χ0) is 15.9. The third kappa shape index (κ3) is 3.91. The molecule has 0 bridgehead atoms. The molecule has 1 amide bonds. The van der Waals surface area contributed by atoms with E-state index >= 15 is 0 Å². The van der Waals surface area contributed by atoms with Crippen LogP contribution in [0.1, 0.15) is 43.5 Å². The van der Waals surface area contributed by atoms with Crippen molar-refractivity contribution in [3.63, 3.8) is 0 Å². The Morgan fingerprint density at radius 3 is 2.64 bits per heavy atom. The summed E-state index contributed by atoms with van der Waals surface area (Å²) in [5, 5.41) is 3.10. The fraction of sp³-hybridized carbons (Fsp3) is 0.588. The van der Waals surface area contributed by atoms with Crippen LogP contribution >= 0.6 is 0 Å². The van der Waals surface area contributed by atoms with E-state index in [1.165, 1.54) is 0 Å². The van der Waals surface area contributed by atoms with Crippen molar-refractivity contribution < 1.29 is 14.3 Å². The highest BCUT2D eigenvalue weighted by molar-refractivity contribution is 5.95. The van der Waals surface area contributed by atoms with Gasteiger partial charge in [-0.2, -0.15) is 0 Å². The number of hydrogen-bond acceptors (Lipinski definition) is 4. The van der Waals surface area contributed by atoms with Gasteiger partial charge < -0.3 is 20.5 Å². The van der Waals surface area contributed by atoms with E-state index in [1.807, 2.05) is 13.8 Å². The van der Waals surface area contributed by atoms with Crippen molar-refractivity contribution in [3.8, 4) is 11.5 Å². The minimum Gasteiger partial charge on any atom is -0.490 e. The first kappa shape index (κ1) is 16.6. The third-order valence-corrected chi connectivity index (χ3v) is 4.08. The molecule has 1 aromatic carbocycles. The largest absolute Gasteiger partial charge is 0.490 e. The van der Waals surface area contributed by atoms with E-state index in [0.717, 1.165) is 19.3 Å². The molecule has 0 aliphatic heterocycles. The van der Waals surface area contributed by atoms with E-state index in [0.29, 0.717) is 42.7 Å². The molecule has 0 aromatic heterocycles. The van der Waals surface area contributed by atoms with Gasteiger partial charge in [0.15, 0.2) is 11.5 Å². The number of benzene rings is 1. The van der Waals surface area contributed by atoms with Gasteiger partial charge in [0.2, 0.25) is 0 Å². The van der Waals surface area contributed by atoms with Crippen LogP contribution in [-0.4, -0.2) is 31.7 Å². The summed E-state index contributed by atoms with van der Waals surface area (Å²) in [6.07, 6.45) is 3.22. The maximum absolute atomic E-state index is 12.4. The van der Waals surface area contributed by atoms with Gasteiger partial charge in [0, 0.05) is 11.6 Å². The molecule has 3 N–H and O–H groups in total. The predicted octanol–water partition coefficient (Wildman–Crippen LogP) is 2.34. The molecule has 1 fully saturated rings. The minimum atomic E-state index is -0.0747. The molecule has 5 heteroatoms. The molecular weight excluding hydrogens is 280 g/mol. The Morgan fingerprint density at radius 1 is 1.23 bits per heavy atom. The highest BCUT2D eigenvalue weighted by atomic mass is 16.5. The summed E-state index contributed by atoms with van der Waals surface area (Å²) in [4.78, 5) is 12.4. The number of amides is 1. The zero-order valence-electron chi connectivity index (χ0n) is 13.4. The van der Waals surface area contributed by atoms with Crippen LogP contribution < -0.4 is 20.5 Å². The Morgan fingerprint density at radius 2 is 1.95 bits per heavy atom. The van der Waals surface area contributed by atoms with Crippen LogP contribution in [-0.2, 0) is 0 Å². The number of ether oxygens (including phenoxy) is 2. The van der Waals surface area contributed by atoms with Gasteiger partial charge in [-0.3, -0.25) is 4.79 Å². The van der Waals surface area contributed by atoms with Crippen molar-refractivity contribution in [1.29, 1.82) is 0 Å². The maximum Gasteiger partial charge on any atom is 0.251 e. The summed E-state index contributed by atoms with van der Waals surface area (Å²) in [7, 11) is 0. The lowest BCUT2D eigenvalue weighted by molar-refractivity contribution is 0.0928. The minimum absolute atomic E-state index is 0.0747. The molecule has 1 aliphatic rings. The van der Waals surface area contributed by atoms with Gasteiger partial charge in [-0.25, -0.2) is 0 Å². The highest BCUT2D eigenvalue weighted by Crippen LogP contribution is 2.29. The van der Waals surface area contributed by atoms with Gasteiger partial charge in [-0.05, 0) is 57.4 Å². The molecule has 1 aromatic rings. The second kappa shape index (κ2) is 8.03. The van der Waals surface area contributed by atoms with Crippen LogP contribution in [0.5, 0.6) is 11.5 Å². The third-order valence-electron chi connectivity index (χ3n) is 4.08. The maximum atomic E-state index is 12.4. The smallest absolute Gasteiger partial charge is 0.251 e. The second-order valence-corrected chi connectivity index (χ2v) is 5.53. The van der Waals surface area contributed by atoms with E-state index in [4.69, 9.17) is 15.2 Å². The molecule has 1 saturated carbocycles. The van der Waals surface area contributed by atoms with Crippen LogP contribution in [0, 0.1) is 5.92 Å². The Balaban J connectivity index is 2.10. The molecular formula is C17H26N2O3. The molecule has 122 valence electrons. The summed E-state index contributed by atoms with van der Waals surface area (Å²) in [6.45, 7) is 5.55. The number of hydrogen-bond donors (Lipinski definition) is 2. The van der Waals surface area contributed by atoms with Crippen molar-refractivity contribution in [3.05, 3.63) is 23.8 Å². The summed E-state index contributed by atoms with van der Waals surface area (Å²) in [5.41, 5.74) is 6.36. The lowest BCUT2D eigenvalue weighted by Gasteiger charge is -2.20. The van der Waals surface area contributed by atoms with Crippen LogP contribution in [0.3, 0.4) is 0 Å². The fourth-order valence-corrected chi connectivity index (χ4v) is 2.95. The van der Waals surface area contributed by atoms with E-state index in [1.54, 1.807) is 18.2 Å². The summed E-state index contributed by atoms with van der Waals surface area (Å²) in [5.74, 6) is 1.59. The van der Waals surface area contributed by atoms with E-state index in [9.17, 15) is 4.79 Å². The Labute approximate surface area is 132 Å². The van der Waals surface area contributed by atoms with Crippen molar-refractivity contribution in [2.24, 2.45) is 11.7 Å². The Kier molecular flexibility index (Phi) is 6.07. The molecule has 0 radical (unpaired) electrons. The molecule has 0 saturated heterocycles. The number of rotatable bonds is 7. The quantitative estimate of drug-likeness (QED) is 0.811. The molecule has 2 atom stereocenters. The predicted molar refractivity (Wildman–Crippen MR) is 86.4 cm³/mol. The van der Waals surface area contributed by atoms with Crippen molar-refractivity contribution in [1.82, 2.24) is 5.32 Å². The topological polar surface area (TPSA) is 73.6 Å². The lowest BCUT2D eigenvalue weighted by Crippen LogP contribution is -2.39. The van der Waals surface area contributed by atoms with Crippen LogP contribution in [0.4, 0.5) is 0 Å². The van der Waals surface area contributed by atoms with E-state index < -0.39 is 0 Å². The van der Waals surface area contributed by atoms with Gasteiger partial charge in [-0.1, -0.05) is 6.42 Å². The molecule has 22 heavy (non-hydrogen) atoms. The van der Waals surface area contributed by atoms with E-state index in [-0.39, 0.29) is 11.9 Å². The first-order valence-corrected chi connectivity index (χ1v) is 8.10. The standard InChI is InChI=1S/C17H26N2O3/c1-3-21-15-9-8-12(10-16(15)22-4-2)17(20)19-14-7-5-6-13(14)11-18/h8-10,13-14H,3-7,11,18H2,1-2H3,(H,19,20). The summed E-state index contributed by atoms with van der Waals surface area (Å²) in [6, 6.07) is 5.49. The first-order chi connectivity index (χ1) is 10.7. The van der Waals surface area contributed by atoms with Crippen molar-refractivity contribution in [2.75, 3.05) is 19.8 Å². The number of carbonyl (C=O) groups excluding carboxylic acids is 1. The van der Waals surface area contributed by atoms with Gasteiger partial charge >= 0.3 is 0 Å². The van der Waals surface area contributed by atoms with Gasteiger partial charge in [0.05, 0.1) is 13.2 Å². The number of nitrogens with one attached hydrogen (secondary N) is 1. The van der Waals surface area contributed by atoms with E-state index in [2.05, 4.69) is 5.32 Å². The zero-order valence-corrected chi connectivity index (χ0v) is 13.4. The number of nitrogens with two attached hydrogens (primary N) is 1. The summed E-state index contributed by atoms with van der Waals surface area (Å²) < 4.78 is 11.1. The van der Waals surface area contributed by atoms with Gasteiger partial charge in [-0.15, -0.1) is 0 Å². The fourth-order valence-electron chi connectivity index (χ4n) is 2.95. The number of carbonyl (C=O) groups is 1. The van der Waals surface area contributed by atoms with Crippen molar-refractivity contribution in [2.45, 2.75) is 39.2 Å². The monoisotopic (exact) mass is 306 g/mol. The van der Waals surface area contributed by atoms with Crippen LogP contribution in [0.25, 0.3) is 0 Å². The molecule has 0 heterocycles. The highest BCUT2D eigenvalue weighted by Gasteiger charge is 2.27. The average Bonchev–Trinajstić information content (AvgIpc) is 2.96. The summed E-state index contributed by atoms with van der Waals surface area (Å²) >= 11 is 0. The normalized spacial score (nSPS) is 20.7. The van der Waals surface area contributed by atoms with Crippen LogP contribution in [0.2, 0.25) is 0 Å². The molecule has 2 rings (SSSR count). The van der Waals surface area contributed by atoms with Gasteiger partial charge in [0.25, 0.3) is 5.91 Å². The molecule has 0 spiro atoms. The molecule has 2 unspecified atom stereocenters. The Hall–Kier alpha value is -1.75. The average molecular weight is 306 g/mol. The van der Waals surface area contributed by atoms with Gasteiger partial charge in [0.1, 0.15) is 0 Å². The van der Waals surface area contributed by atoms with Crippen LogP contribution in [0.15, 0.2) is 18.2 Å². The first-order valence-electron chi connectivity index (χ1n) is 8.10.